The summed E-state index contributed by atoms with van der Waals surface area (Å²) < 4.78 is 0. The average molecular weight is 273 g/mol. The first-order valence-electron chi connectivity index (χ1n) is 7.66. The fraction of sp³-hybridized carbons (Fsp3) is 0.562. The maximum atomic E-state index is 11.7. The van der Waals surface area contributed by atoms with Crippen LogP contribution in [-0.2, 0) is 0 Å². The summed E-state index contributed by atoms with van der Waals surface area (Å²) >= 11 is 0. The molecule has 20 heavy (non-hydrogen) atoms. The van der Waals surface area contributed by atoms with E-state index in [1.54, 1.807) is 0 Å². The van der Waals surface area contributed by atoms with Crippen LogP contribution in [0.15, 0.2) is 24.3 Å². The molecule has 0 aliphatic carbocycles. The maximum absolute atomic E-state index is 11.7. The first-order chi connectivity index (χ1) is 9.77. The predicted octanol–water partition coefficient (Wildman–Crippen LogP) is 1.90. The molecule has 2 atom stereocenters. The second-order valence-electron chi connectivity index (χ2n) is 5.84. The van der Waals surface area contributed by atoms with Gasteiger partial charge in [0.2, 0.25) is 0 Å². The van der Waals surface area contributed by atoms with E-state index < -0.39 is 0 Å². The third-order valence-electron chi connectivity index (χ3n) is 4.59. The third-order valence-corrected chi connectivity index (χ3v) is 4.59. The van der Waals surface area contributed by atoms with Gasteiger partial charge >= 0.3 is 0 Å². The van der Waals surface area contributed by atoms with Crippen LogP contribution >= 0.6 is 0 Å². The van der Waals surface area contributed by atoms with Crippen molar-refractivity contribution in [1.29, 1.82) is 0 Å². The molecule has 2 heterocycles. The number of hydrogen-bond donors (Lipinski definition) is 2. The third kappa shape index (κ3) is 2.52. The number of primary amides is 1. The Kier molecular flexibility index (Phi) is 3.92. The first-order valence-corrected chi connectivity index (χ1v) is 7.66. The van der Waals surface area contributed by atoms with Gasteiger partial charge in [-0.2, -0.15) is 0 Å². The van der Waals surface area contributed by atoms with Crippen LogP contribution in [0.1, 0.15) is 42.5 Å². The molecule has 0 spiro atoms. The molecule has 108 valence electrons. The molecule has 0 saturated carbocycles. The van der Waals surface area contributed by atoms with E-state index in [2.05, 4.69) is 10.2 Å². The van der Waals surface area contributed by atoms with Crippen LogP contribution in [0.4, 0.5) is 5.69 Å². The van der Waals surface area contributed by atoms with Crippen molar-refractivity contribution in [2.45, 2.75) is 44.2 Å². The number of nitrogens with zero attached hydrogens (tertiary/aromatic N) is 1. The van der Waals surface area contributed by atoms with E-state index in [0.29, 0.717) is 17.6 Å². The lowest BCUT2D eigenvalue weighted by Gasteiger charge is -2.41. The molecule has 0 bridgehead atoms. The molecule has 1 aromatic rings. The molecule has 3 rings (SSSR count). The number of nitrogens with one attached hydrogen (secondary N) is 1. The van der Waals surface area contributed by atoms with Gasteiger partial charge in [0.25, 0.3) is 5.91 Å². The average Bonchev–Trinajstić information content (AvgIpc) is 3.01. The molecule has 2 saturated heterocycles. The second kappa shape index (κ2) is 5.83. The number of anilines is 1. The van der Waals surface area contributed by atoms with Crippen molar-refractivity contribution < 1.29 is 4.79 Å². The van der Waals surface area contributed by atoms with Crippen molar-refractivity contribution in [3.63, 3.8) is 0 Å². The van der Waals surface area contributed by atoms with Crippen molar-refractivity contribution in [3.8, 4) is 0 Å². The smallest absolute Gasteiger partial charge is 0.250 e. The van der Waals surface area contributed by atoms with E-state index in [9.17, 15) is 4.79 Å². The lowest BCUT2D eigenvalue weighted by atomic mass is 9.93. The van der Waals surface area contributed by atoms with E-state index in [-0.39, 0.29) is 5.91 Å². The van der Waals surface area contributed by atoms with E-state index in [0.717, 1.165) is 18.8 Å². The number of nitrogens with two attached hydrogens (primary N) is 1. The second-order valence-corrected chi connectivity index (χ2v) is 5.84. The highest BCUT2D eigenvalue weighted by Gasteiger charge is 2.32. The summed E-state index contributed by atoms with van der Waals surface area (Å²) in [5, 5.41) is 3.62. The Balaban J connectivity index is 1.91. The lowest BCUT2D eigenvalue weighted by molar-refractivity contribution is 0.100. The molecule has 0 aromatic heterocycles. The molecule has 2 unspecified atom stereocenters. The molecule has 2 aliphatic heterocycles. The van der Waals surface area contributed by atoms with Crippen LogP contribution in [0.25, 0.3) is 0 Å². The van der Waals surface area contributed by atoms with E-state index >= 15 is 0 Å². The maximum Gasteiger partial charge on any atom is 0.250 e. The van der Waals surface area contributed by atoms with Gasteiger partial charge in [0.05, 0.1) is 5.56 Å². The van der Waals surface area contributed by atoms with Gasteiger partial charge in [-0.1, -0.05) is 12.1 Å². The highest BCUT2D eigenvalue weighted by Crippen LogP contribution is 2.31. The number of piperidine rings is 1. The van der Waals surface area contributed by atoms with Crippen molar-refractivity contribution in [2.24, 2.45) is 5.73 Å². The summed E-state index contributed by atoms with van der Waals surface area (Å²) in [4.78, 5) is 14.1. The minimum Gasteiger partial charge on any atom is -0.366 e. The monoisotopic (exact) mass is 273 g/mol. The molecular formula is C16H23N3O. The summed E-state index contributed by atoms with van der Waals surface area (Å²) in [5.41, 5.74) is 7.20. The first kappa shape index (κ1) is 13.4. The zero-order valence-corrected chi connectivity index (χ0v) is 11.8. The molecular weight excluding hydrogens is 250 g/mol. The molecule has 0 radical (unpaired) electrons. The van der Waals surface area contributed by atoms with Crippen LogP contribution in [-0.4, -0.2) is 31.1 Å². The van der Waals surface area contributed by atoms with Gasteiger partial charge < -0.3 is 16.0 Å². The number of para-hydroxylation sites is 1. The van der Waals surface area contributed by atoms with Crippen LogP contribution < -0.4 is 16.0 Å². The van der Waals surface area contributed by atoms with Crippen molar-refractivity contribution in [1.82, 2.24) is 5.32 Å². The summed E-state index contributed by atoms with van der Waals surface area (Å²) in [6.45, 7) is 2.14. The Morgan fingerprint density at radius 1 is 1.20 bits per heavy atom. The minimum absolute atomic E-state index is 0.329. The Morgan fingerprint density at radius 3 is 2.80 bits per heavy atom. The Hall–Kier alpha value is -1.55. The number of amides is 1. The van der Waals surface area contributed by atoms with Gasteiger partial charge in [-0.05, 0) is 50.8 Å². The molecule has 4 heteroatoms. The topological polar surface area (TPSA) is 58.4 Å². The van der Waals surface area contributed by atoms with Gasteiger partial charge in [-0.25, -0.2) is 0 Å². The fourth-order valence-electron chi connectivity index (χ4n) is 3.65. The predicted molar refractivity (Wildman–Crippen MR) is 81.0 cm³/mol. The Labute approximate surface area is 120 Å². The number of carbonyl (C=O) groups is 1. The number of rotatable bonds is 3. The number of benzene rings is 1. The minimum atomic E-state index is -0.329. The SMILES string of the molecule is NC(=O)c1ccccc1N1CCCCC1C1CCCN1. The van der Waals surface area contributed by atoms with Crippen LogP contribution in [0.5, 0.6) is 0 Å². The normalized spacial score (nSPS) is 26.7. The summed E-state index contributed by atoms with van der Waals surface area (Å²) in [6, 6.07) is 8.80. The molecule has 4 nitrogen and oxygen atoms in total. The van der Waals surface area contributed by atoms with E-state index in [1.807, 2.05) is 24.3 Å². The van der Waals surface area contributed by atoms with Gasteiger partial charge in [0.15, 0.2) is 0 Å². The molecule has 1 aromatic carbocycles. The molecule has 3 N–H and O–H groups in total. The van der Waals surface area contributed by atoms with Crippen LogP contribution in [0.3, 0.4) is 0 Å². The van der Waals surface area contributed by atoms with Crippen LogP contribution in [0.2, 0.25) is 0 Å². The highest BCUT2D eigenvalue weighted by atomic mass is 16.1. The summed E-state index contributed by atoms with van der Waals surface area (Å²) in [7, 11) is 0. The van der Waals surface area contributed by atoms with Crippen molar-refractivity contribution >= 4 is 11.6 Å². The standard InChI is InChI=1S/C16H23N3O/c17-16(20)12-6-1-2-8-14(12)19-11-4-3-9-15(19)13-7-5-10-18-13/h1-2,6,8,13,15,18H,3-5,7,9-11H2,(H2,17,20). The lowest BCUT2D eigenvalue weighted by Crippen LogP contribution is -2.50. The highest BCUT2D eigenvalue weighted by molar-refractivity contribution is 5.98. The molecule has 1 amide bonds. The molecule has 2 fully saturated rings. The van der Waals surface area contributed by atoms with Gasteiger partial charge in [-0.15, -0.1) is 0 Å². The largest absolute Gasteiger partial charge is 0.366 e. The van der Waals surface area contributed by atoms with Crippen LogP contribution in [0, 0.1) is 0 Å². The van der Waals surface area contributed by atoms with Gasteiger partial charge in [0.1, 0.15) is 0 Å². The molecule has 2 aliphatic rings. The van der Waals surface area contributed by atoms with Crippen molar-refractivity contribution in [2.75, 3.05) is 18.0 Å². The quantitative estimate of drug-likeness (QED) is 0.884. The summed E-state index contributed by atoms with van der Waals surface area (Å²) in [5.74, 6) is -0.329. The van der Waals surface area contributed by atoms with E-state index in [1.165, 1.54) is 32.1 Å². The Morgan fingerprint density at radius 2 is 2.05 bits per heavy atom. The zero-order valence-electron chi connectivity index (χ0n) is 11.8. The number of hydrogen-bond acceptors (Lipinski definition) is 3. The number of carbonyl (C=O) groups excluding carboxylic acids is 1. The van der Waals surface area contributed by atoms with Gasteiger partial charge in [-0.3, -0.25) is 4.79 Å². The van der Waals surface area contributed by atoms with Gasteiger partial charge in [0, 0.05) is 24.3 Å². The summed E-state index contributed by atoms with van der Waals surface area (Å²) in [6.07, 6.45) is 6.16. The fourth-order valence-corrected chi connectivity index (χ4v) is 3.65. The Bertz CT molecular complexity index is 482. The zero-order chi connectivity index (χ0) is 13.9. The van der Waals surface area contributed by atoms with Crippen molar-refractivity contribution in [3.05, 3.63) is 29.8 Å². The van der Waals surface area contributed by atoms with E-state index in [4.69, 9.17) is 5.73 Å².